The van der Waals surface area contributed by atoms with Crippen molar-refractivity contribution in [1.29, 1.82) is 0 Å². The normalized spacial score (nSPS) is 10.4. The molecule has 4 heterocycles. The smallest absolute Gasteiger partial charge is 0.274 e. The molecule has 9 nitrogen and oxygen atoms in total. The van der Waals surface area contributed by atoms with Gasteiger partial charge in [-0.25, -0.2) is 9.97 Å². The number of anilines is 3. The summed E-state index contributed by atoms with van der Waals surface area (Å²) in [5.74, 6) is 1.05. The molecular formula is C24H24N8OS. The van der Waals surface area contributed by atoms with Crippen LogP contribution in [0.5, 0.6) is 0 Å². The van der Waals surface area contributed by atoms with Gasteiger partial charge in [-0.15, -0.1) is 0 Å². The number of hydrogen-bond donors (Lipinski definition) is 3. The first-order chi connectivity index (χ1) is 16.6. The van der Waals surface area contributed by atoms with E-state index in [1.54, 1.807) is 30.6 Å². The van der Waals surface area contributed by atoms with Crippen molar-refractivity contribution in [3.05, 3.63) is 84.6 Å². The number of aryl methyl sites for hydroxylation is 1. The van der Waals surface area contributed by atoms with Crippen LogP contribution in [0.1, 0.15) is 30.0 Å². The van der Waals surface area contributed by atoms with Gasteiger partial charge < -0.3 is 10.6 Å². The van der Waals surface area contributed by atoms with Crippen LogP contribution in [0.3, 0.4) is 0 Å². The van der Waals surface area contributed by atoms with E-state index in [-0.39, 0.29) is 5.91 Å². The lowest BCUT2D eigenvalue weighted by Crippen LogP contribution is -2.13. The van der Waals surface area contributed by atoms with Crippen molar-refractivity contribution < 1.29 is 4.79 Å². The number of carbonyl (C=O) groups is 1. The molecule has 0 aliphatic heterocycles. The second-order valence-electron chi connectivity index (χ2n) is 6.93. The number of nitrogens with zero attached hydrogens (tertiary/aromatic N) is 5. The van der Waals surface area contributed by atoms with E-state index in [2.05, 4.69) is 30.8 Å². The van der Waals surface area contributed by atoms with Crippen molar-refractivity contribution in [2.45, 2.75) is 30.7 Å². The van der Waals surface area contributed by atoms with Crippen LogP contribution in [0.15, 0.2) is 83.1 Å². The molecular weight excluding hydrogens is 448 g/mol. The monoisotopic (exact) mass is 472 g/mol. The molecule has 1 amide bonds. The van der Waals surface area contributed by atoms with E-state index in [1.807, 2.05) is 67.8 Å². The lowest BCUT2D eigenvalue weighted by molar-refractivity contribution is 0.102. The predicted octanol–water partition coefficient (Wildman–Crippen LogP) is 5.33. The molecule has 1 aromatic carbocycles. The van der Waals surface area contributed by atoms with Crippen LogP contribution in [0.2, 0.25) is 0 Å². The SMILES string of the molecule is CC.Cc1cc(Nc2nc(Sc3ccc(NC(=O)c4ccccn4)cc3)cc3nccn23)n[nH]1. The fourth-order valence-electron chi connectivity index (χ4n) is 3.06. The van der Waals surface area contributed by atoms with Crippen LogP contribution in [-0.2, 0) is 0 Å². The van der Waals surface area contributed by atoms with Gasteiger partial charge in [0.2, 0.25) is 5.95 Å². The molecule has 0 unspecified atom stereocenters. The van der Waals surface area contributed by atoms with Crippen molar-refractivity contribution >= 4 is 40.8 Å². The number of amides is 1. The Hall–Kier alpha value is -4.18. The highest BCUT2D eigenvalue weighted by molar-refractivity contribution is 7.99. The maximum Gasteiger partial charge on any atom is 0.274 e. The fourth-order valence-corrected chi connectivity index (χ4v) is 3.87. The van der Waals surface area contributed by atoms with E-state index >= 15 is 0 Å². The molecule has 5 rings (SSSR count). The molecule has 0 aliphatic rings. The molecule has 0 saturated carbocycles. The summed E-state index contributed by atoms with van der Waals surface area (Å²) in [4.78, 5) is 26.4. The first-order valence-corrected chi connectivity index (χ1v) is 11.6. The van der Waals surface area contributed by atoms with Crippen LogP contribution in [0.4, 0.5) is 17.5 Å². The Balaban J connectivity index is 0.00000133. The van der Waals surface area contributed by atoms with Gasteiger partial charge in [0.25, 0.3) is 5.91 Å². The predicted molar refractivity (Wildman–Crippen MR) is 134 cm³/mol. The lowest BCUT2D eigenvalue weighted by Gasteiger charge is -2.09. The van der Waals surface area contributed by atoms with E-state index in [9.17, 15) is 4.79 Å². The minimum Gasteiger partial charge on any atom is -0.321 e. The zero-order valence-electron chi connectivity index (χ0n) is 19.0. The Morgan fingerprint density at radius 1 is 1.03 bits per heavy atom. The van der Waals surface area contributed by atoms with E-state index in [1.165, 1.54) is 11.8 Å². The Kier molecular flexibility index (Phi) is 7.19. The maximum atomic E-state index is 12.3. The Bertz CT molecular complexity index is 1380. The number of benzene rings is 1. The Labute approximate surface area is 201 Å². The third kappa shape index (κ3) is 5.41. The first-order valence-electron chi connectivity index (χ1n) is 10.8. The fraction of sp³-hybridized carbons (Fsp3) is 0.125. The van der Waals surface area contributed by atoms with Gasteiger partial charge in [0, 0.05) is 47.0 Å². The Morgan fingerprint density at radius 2 is 1.85 bits per heavy atom. The molecule has 4 aromatic heterocycles. The molecule has 0 spiro atoms. The number of rotatable bonds is 6. The number of aromatic nitrogens is 6. The van der Waals surface area contributed by atoms with Gasteiger partial charge >= 0.3 is 0 Å². The van der Waals surface area contributed by atoms with Crippen LogP contribution < -0.4 is 10.6 Å². The standard InChI is InChI=1S/C22H18N8OS.C2H6/c1-14-12-18(29-28-14)26-22-27-20(13-19-24-10-11-30(19)22)32-16-7-5-15(6-8-16)25-21(31)17-4-2-3-9-23-17;1-2/h2-13H,1H3,(H,25,31)(H2,26,27,28,29);1-2H3. The molecule has 5 aromatic rings. The summed E-state index contributed by atoms with van der Waals surface area (Å²) < 4.78 is 1.87. The number of hydrogen-bond acceptors (Lipinski definition) is 7. The number of carbonyl (C=O) groups excluding carboxylic acids is 1. The van der Waals surface area contributed by atoms with Crippen molar-refractivity contribution in [1.82, 2.24) is 29.5 Å². The summed E-state index contributed by atoms with van der Waals surface area (Å²) >= 11 is 1.50. The molecule has 34 heavy (non-hydrogen) atoms. The molecule has 10 heteroatoms. The van der Waals surface area contributed by atoms with Gasteiger partial charge in [0.1, 0.15) is 16.4 Å². The van der Waals surface area contributed by atoms with Gasteiger partial charge in [-0.05, 0) is 43.3 Å². The summed E-state index contributed by atoms with van der Waals surface area (Å²) in [7, 11) is 0. The van der Waals surface area contributed by atoms with Crippen LogP contribution in [0, 0.1) is 6.92 Å². The highest BCUT2D eigenvalue weighted by atomic mass is 32.2. The molecule has 0 aliphatic carbocycles. The Morgan fingerprint density at radius 3 is 2.56 bits per heavy atom. The minimum atomic E-state index is -0.248. The highest BCUT2D eigenvalue weighted by Crippen LogP contribution is 2.29. The van der Waals surface area contributed by atoms with E-state index < -0.39 is 0 Å². The third-order valence-electron chi connectivity index (χ3n) is 4.54. The summed E-state index contributed by atoms with van der Waals surface area (Å²) in [5, 5.41) is 14.0. The molecule has 3 N–H and O–H groups in total. The molecule has 0 atom stereocenters. The summed E-state index contributed by atoms with van der Waals surface area (Å²) in [6.45, 7) is 5.94. The average Bonchev–Trinajstić information content (AvgIpc) is 3.51. The summed E-state index contributed by atoms with van der Waals surface area (Å²) in [5.41, 5.74) is 2.79. The molecule has 0 radical (unpaired) electrons. The largest absolute Gasteiger partial charge is 0.321 e. The molecule has 0 fully saturated rings. The van der Waals surface area contributed by atoms with Crippen molar-refractivity contribution in [2.24, 2.45) is 0 Å². The molecule has 172 valence electrons. The van der Waals surface area contributed by atoms with Crippen LogP contribution in [-0.4, -0.2) is 35.5 Å². The number of pyridine rings is 1. The van der Waals surface area contributed by atoms with Crippen molar-refractivity contribution in [3.8, 4) is 0 Å². The van der Waals surface area contributed by atoms with E-state index in [0.717, 1.165) is 21.3 Å². The summed E-state index contributed by atoms with van der Waals surface area (Å²) in [6, 6.07) is 16.6. The van der Waals surface area contributed by atoms with Crippen LogP contribution >= 0.6 is 11.8 Å². The third-order valence-corrected chi connectivity index (χ3v) is 5.47. The second kappa shape index (κ2) is 10.6. The first kappa shape index (κ1) is 23.0. The number of fused-ring (bicyclic) bond motifs is 1. The van der Waals surface area contributed by atoms with Crippen molar-refractivity contribution in [3.63, 3.8) is 0 Å². The van der Waals surface area contributed by atoms with Gasteiger partial charge in [0.15, 0.2) is 5.82 Å². The summed E-state index contributed by atoms with van der Waals surface area (Å²) in [6.07, 6.45) is 5.16. The number of H-pyrrole nitrogens is 1. The second-order valence-corrected chi connectivity index (χ2v) is 8.02. The molecule has 0 bridgehead atoms. The lowest BCUT2D eigenvalue weighted by atomic mass is 10.3. The zero-order valence-corrected chi connectivity index (χ0v) is 19.8. The number of nitrogens with one attached hydrogen (secondary N) is 3. The van der Waals surface area contributed by atoms with Gasteiger partial charge in [-0.1, -0.05) is 31.7 Å². The quantitative estimate of drug-likeness (QED) is 0.286. The maximum absolute atomic E-state index is 12.3. The minimum absolute atomic E-state index is 0.248. The van der Waals surface area contributed by atoms with E-state index in [4.69, 9.17) is 4.98 Å². The highest BCUT2D eigenvalue weighted by Gasteiger charge is 2.11. The number of aromatic amines is 1. The topological polar surface area (TPSA) is 113 Å². The average molecular weight is 473 g/mol. The number of imidazole rings is 1. The van der Waals surface area contributed by atoms with E-state index in [0.29, 0.717) is 23.1 Å². The van der Waals surface area contributed by atoms with Crippen molar-refractivity contribution in [2.75, 3.05) is 10.6 Å². The van der Waals surface area contributed by atoms with Gasteiger partial charge in [0.05, 0.1) is 0 Å². The van der Waals surface area contributed by atoms with Crippen LogP contribution in [0.25, 0.3) is 5.65 Å². The molecule has 0 saturated heterocycles. The van der Waals surface area contributed by atoms with Gasteiger partial charge in [-0.2, -0.15) is 5.10 Å². The van der Waals surface area contributed by atoms with Gasteiger partial charge in [-0.3, -0.25) is 19.3 Å². The zero-order chi connectivity index (χ0) is 23.9.